The Labute approximate surface area is 207 Å². The molecule has 0 unspecified atom stereocenters. The minimum atomic E-state index is -0.176. The van der Waals surface area contributed by atoms with Gasteiger partial charge in [0, 0.05) is 32.4 Å². The number of benzene rings is 3. The Morgan fingerprint density at radius 2 is 1.60 bits per heavy atom. The van der Waals surface area contributed by atoms with E-state index in [4.69, 9.17) is 9.47 Å². The molecule has 3 aromatic carbocycles. The van der Waals surface area contributed by atoms with Gasteiger partial charge >= 0.3 is 6.02 Å². The van der Waals surface area contributed by atoms with Gasteiger partial charge in [0.15, 0.2) is 5.76 Å². The molecule has 0 saturated carbocycles. The molecule has 3 aromatic rings. The van der Waals surface area contributed by atoms with E-state index in [2.05, 4.69) is 4.99 Å². The molecule has 0 bridgehead atoms. The lowest BCUT2D eigenvalue weighted by atomic mass is 10.1. The van der Waals surface area contributed by atoms with Crippen molar-refractivity contribution in [2.45, 2.75) is 26.3 Å². The molecule has 6 heteroatoms. The van der Waals surface area contributed by atoms with Crippen LogP contribution >= 0.6 is 0 Å². The molecule has 1 heterocycles. The van der Waals surface area contributed by atoms with Crippen LogP contribution < -0.4 is 9.64 Å². The first-order valence-electron chi connectivity index (χ1n) is 11.8. The fourth-order valence-corrected chi connectivity index (χ4v) is 3.63. The highest BCUT2D eigenvalue weighted by molar-refractivity contribution is 6.11. The van der Waals surface area contributed by atoms with Crippen LogP contribution in [-0.2, 0) is 16.0 Å². The zero-order chi connectivity index (χ0) is 24.8. The quantitative estimate of drug-likeness (QED) is 0.394. The van der Waals surface area contributed by atoms with Gasteiger partial charge in [0.2, 0.25) is 0 Å². The van der Waals surface area contributed by atoms with Gasteiger partial charge in [-0.2, -0.15) is 0 Å². The van der Waals surface area contributed by atoms with Crippen LogP contribution in [0.5, 0.6) is 11.5 Å². The monoisotopic (exact) mass is 469 g/mol. The summed E-state index contributed by atoms with van der Waals surface area (Å²) in [7, 11) is 3.99. The Morgan fingerprint density at radius 1 is 0.943 bits per heavy atom. The van der Waals surface area contributed by atoms with Crippen LogP contribution in [-0.4, -0.2) is 43.5 Å². The number of carbonyl (C=O) groups is 1. The molecule has 35 heavy (non-hydrogen) atoms. The first-order valence-corrected chi connectivity index (χ1v) is 11.8. The SMILES string of the molecule is CC(C)N=C1OC(=Cc2ccc(N(C)C)cc2)C(=O)N1CCc1ccc(Oc2ccccc2)cc1. The number of carbonyl (C=O) groups excluding carboxylic acids is 1. The number of anilines is 1. The molecule has 0 radical (unpaired) electrons. The van der Waals surface area contributed by atoms with Gasteiger partial charge in [-0.1, -0.05) is 42.5 Å². The molecule has 6 nitrogen and oxygen atoms in total. The third-order valence-corrected chi connectivity index (χ3v) is 5.49. The van der Waals surface area contributed by atoms with Crippen molar-refractivity contribution in [1.82, 2.24) is 4.90 Å². The smallest absolute Gasteiger partial charge is 0.300 e. The minimum absolute atomic E-state index is 0.00782. The normalized spacial score (nSPS) is 15.7. The zero-order valence-electron chi connectivity index (χ0n) is 20.6. The number of amides is 1. The summed E-state index contributed by atoms with van der Waals surface area (Å²) >= 11 is 0. The Bertz CT molecular complexity index is 1200. The summed E-state index contributed by atoms with van der Waals surface area (Å²) in [6, 6.07) is 25.9. The van der Waals surface area contributed by atoms with E-state index < -0.39 is 0 Å². The zero-order valence-corrected chi connectivity index (χ0v) is 20.6. The molecule has 1 saturated heterocycles. The van der Waals surface area contributed by atoms with Crippen molar-refractivity contribution in [1.29, 1.82) is 0 Å². The molecule has 0 aliphatic carbocycles. The Morgan fingerprint density at radius 3 is 2.23 bits per heavy atom. The topological polar surface area (TPSA) is 54.4 Å². The van der Waals surface area contributed by atoms with Gasteiger partial charge in [-0.15, -0.1) is 0 Å². The van der Waals surface area contributed by atoms with Crippen LogP contribution in [0.15, 0.2) is 89.6 Å². The van der Waals surface area contributed by atoms with Crippen molar-refractivity contribution in [3.8, 4) is 11.5 Å². The summed E-state index contributed by atoms with van der Waals surface area (Å²) in [5, 5.41) is 0. The second-order valence-electron chi connectivity index (χ2n) is 8.87. The predicted molar refractivity (Wildman–Crippen MR) is 141 cm³/mol. The summed E-state index contributed by atoms with van der Waals surface area (Å²) in [5.41, 5.74) is 3.09. The second kappa shape index (κ2) is 10.9. The largest absolute Gasteiger partial charge is 0.457 e. The molecule has 4 rings (SSSR count). The first kappa shape index (κ1) is 24.1. The van der Waals surface area contributed by atoms with Crippen LogP contribution in [0.1, 0.15) is 25.0 Å². The van der Waals surface area contributed by atoms with E-state index in [9.17, 15) is 4.79 Å². The van der Waals surface area contributed by atoms with Crippen LogP contribution in [0.25, 0.3) is 6.08 Å². The Kier molecular flexibility index (Phi) is 7.51. The summed E-state index contributed by atoms with van der Waals surface area (Å²) in [4.78, 5) is 21.4. The number of ether oxygens (including phenoxy) is 2. The van der Waals surface area contributed by atoms with Gasteiger partial charge in [-0.05, 0) is 73.9 Å². The number of rotatable bonds is 8. The van der Waals surface area contributed by atoms with E-state index in [0.29, 0.717) is 19.0 Å². The molecule has 1 aliphatic heterocycles. The fourth-order valence-electron chi connectivity index (χ4n) is 3.63. The van der Waals surface area contributed by atoms with Crippen molar-refractivity contribution < 1.29 is 14.3 Å². The molecule has 1 aliphatic rings. The molecular formula is C29H31N3O3. The highest BCUT2D eigenvalue weighted by Gasteiger charge is 2.34. The molecular weight excluding hydrogens is 438 g/mol. The van der Waals surface area contributed by atoms with Gasteiger partial charge < -0.3 is 14.4 Å². The van der Waals surface area contributed by atoms with Crippen molar-refractivity contribution in [2.24, 2.45) is 4.99 Å². The van der Waals surface area contributed by atoms with E-state index in [-0.39, 0.29) is 17.7 Å². The van der Waals surface area contributed by atoms with Crippen molar-refractivity contribution in [2.75, 3.05) is 25.5 Å². The maximum Gasteiger partial charge on any atom is 0.300 e. The van der Waals surface area contributed by atoms with Crippen LogP contribution in [0, 0.1) is 0 Å². The Hall–Kier alpha value is -4.06. The number of aliphatic imine (C=N–C) groups is 1. The lowest BCUT2D eigenvalue weighted by Crippen LogP contribution is -2.32. The van der Waals surface area contributed by atoms with Gasteiger partial charge in [0.05, 0.1) is 0 Å². The van der Waals surface area contributed by atoms with Gasteiger partial charge in [0.25, 0.3) is 5.91 Å². The summed E-state index contributed by atoms with van der Waals surface area (Å²) in [6.07, 6.45) is 2.44. The van der Waals surface area contributed by atoms with Crippen molar-refractivity contribution in [3.05, 3.63) is 95.7 Å². The van der Waals surface area contributed by atoms with E-state index >= 15 is 0 Å². The highest BCUT2D eigenvalue weighted by atomic mass is 16.5. The molecule has 1 fully saturated rings. The Balaban J connectivity index is 1.45. The summed E-state index contributed by atoms with van der Waals surface area (Å²) in [6.45, 7) is 4.40. The molecule has 1 amide bonds. The maximum absolute atomic E-state index is 13.2. The third-order valence-electron chi connectivity index (χ3n) is 5.49. The van der Waals surface area contributed by atoms with Crippen LogP contribution in [0.4, 0.5) is 5.69 Å². The van der Waals surface area contributed by atoms with Crippen molar-refractivity contribution in [3.63, 3.8) is 0 Å². The van der Waals surface area contributed by atoms with Gasteiger partial charge in [-0.3, -0.25) is 9.69 Å². The lowest BCUT2D eigenvalue weighted by molar-refractivity contribution is -0.122. The van der Waals surface area contributed by atoms with Crippen LogP contribution in [0.3, 0.4) is 0 Å². The third kappa shape index (κ3) is 6.29. The van der Waals surface area contributed by atoms with E-state index in [1.54, 1.807) is 11.0 Å². The van der Waals surface area contributed by atoms with Gasteiger partial charge in [0.1, 0.15) is 11.5 Å². The standard InChI is InChI=1S/C29H31N3O3/c1-21(2)30-29-32(28(33)27(35-29)20-23-10-14-24(15-11-23)31(3)4)19-18-22-12-16-26(17-13-22)34-25-8-6-5-7-9-25/h5-17,20-21H,18-19H2,1-4H3. The van der Waals surface area contributed by atoms with Gasteiger partial charge in [-0.25, -0.2) is 4.99 Å². The summed E-state index contributed by atoms with van der Waals surface area (Å²) in [5.74, 6) is 1.68. The number of amidine groups is 1. The maximum atomic E-state index is 13.2. The second-order valence-corrected chi connectivity index (χ2v) is 8.87. The predicted octanol–water partition coefficient (Wildman–Crippen LogP) is 5.75. The van der Waals surface area contributed by atoms with E-state index in [1.165, 1.54) is 0 Å². The average molecular weight is 470 g/mol. The molecule has 180 valence electrons. The average Bonchev–Trinajstić information content (AvgIpc) is 3.12. The van der Waals surface area contributed by atoms with E-state index in [1.807, 2.05) is 112 Å². The molecule has 0 aromatic heterocycles. The van der Waals surface area contributed by atoms with Crippen molar-refractivity contribution >= 4 is 23.7 Å². The molecule has 0 spiro atoms. The van der Waals surface area contributed by atoms with E-state index in [0.717, 1.165) is 28.3 Å². The summed E-state index contributed by atoms with van der Waals surface area (Å²) < 4.78 is 11.8. The number of hydrogen-bond donors (Lipinski definition) is 0. The first-order chi connectivity index (χ1) is 16.9. The highest BCUT2D eigenvalue weighted by Crippen LogP contribution is 2.24. The number of nitrogens with zero attached hydrogens (tertiary/aromatic N) is 3. The molecule has 0 atom stereocenters. The molecule has 0 N–H and O–H groups in total. The fraction of sp³-hybridized carbons (Fsp3) is 0.241. The number of hydrogen-bond acceptors (Lipinski definition) is 5. The minimum Gasteiger partial charge on any atom is -0.457 e. The lowest BCUT2D eigenvalue weighted by Gasteiger charge is -2.14. The van der Waals surface area contributed by atoms with Crippen LogP contribution in [0.2, 0.25) is 0 Å². The number of para-hydroxylation sites is 1.